The molecule has 2 amide bonds. The van der Waals surface area contributed by atoms with Gasteiger partial charge < -0.3 is 15.5 Å². The number of likely N-dealkylation sites (N-methyl/N-ethyl adjacent to an activating group) is 1. The van der Waals surface area contributed by atoms with Crippen LogP contribution in [0.3, 0.4) is 0 Å². The zero-order chi connectivity index (χ0) is 13.3. The largest absolute Gasteiger partial charge is 0.326 e. The van der Waals surface area contributed by atoms with Gasteiger partial charge in [-0.3, -0.25) is 0 Å². The summed E-state index contributed by atoms with van der Waals surface area (Å²) < 4.78 is 26.6. The molecule has 1 aliphatic heterocycles. The minimum absolute atomic E-state index is 0.0948. The van der Waals surface area contributed by atoms with Gasteiger partial charge in [-0.25, -0.2) is 13.6 Å². The highest BCUT2D eigenvalue weighted by atomic mass is 19.1. The highest BCUT2D eigenvalue weighted by molar-refractivity contribution is 5.76. The van der Waals surface area contributed by atoms with Crippen molar-refractivity contribution < 1.29 is 13.6 Å². The Labute approximate surface area is 104 Å². The highest BCUT2D eigenvalue weighted by Crippen LogP contribution is 2.19. The predicted octanol–water partition coefficient (Wildman–Crippen LogP) is 1.33. The quantitative estimate of drug-likeness (QED) is 0.886. The van der Waals surface area contributed by atoms with Crippen molar-refractivity contribution in [3.8, 4) is 0 Å². The number of hydrogen-bond donors (Lipinski definition) is 1. The second kappa shape index (κ2) is 4.89. The SMILES string of the molecule is CN1CCN(CC(N)c2cc(F)ccc2F)C1=O. The number of nitrogens with two attached hydrogens (primary N) is 1. The molecule has 0 aromatic heterocycles. The van der Waals surface area contributed by atoms with Gasteiger partial charge in [0.05, 0.1) is 6.04 Å². The first-order valence-electron chi connectivity index (χ1n) is 5.69. The van der Waals surface area contributed by atoms with Gasteiger partial charge >= 0.3 is 6.03 Å². The van der Waals surface area contributed by atoms with Crippen LogP contribution in [0.4, 0.5) is 13.6 Å². The third-order valence-corrected chi connectivity index (χ3v) is 3.08. The molecule has 0 radical (unpaired) electrons. The molecule has 98 valence electrons. The molecular formula is C12H15F2N3O. The van der Waals surface area contributed by atoms with Crippen LogP contribution >= 0.6 is 0 Å². The van der Waals surface area contributed by atoms with E-state index in [1.807, 2.05) is 0 Å². The Morgan fingerprint density at radius 2 is 2.11 bits per heavy atom. The first kappa shape index (κ1) is 12.8. The Morgan fingerprint density at radius 1 is 1.39 bits per heavy atom. The second-order valence-corrected chi connectivity index (χ2v) is 4.42. The molecule has 4 nitrogen and oxygen atoms in total. The molecule has 0 spiro atoms. The van der Waals surface area contributed by atoms with E-state index in [0.717, 1.165) is 18.2 Å². The van der Waals surface area contributed by atoms with Gasteiger partial charge in [-0.05, 0) is 18.2 Å². The first-order chi connectivity index (χ1) is 8.49. The molecule has 2 N–H and O–H groups in total. The van der Waals surface area contributed by atoms with E-state index < -0.39 is 17.7 Å². The van der Waals surface area contributed by atoms with E-state index in [1.165, 1.54) is 4.90 Å². The van der Waals surface area contributed by atoms with Crippen molar-refractivity contribution in [2.24, 2.45) is 5.73 Å². The monoisotopic (exact) mass is 255 g/mol. The minimum atomic E-state index is -0.726. The molecule has 1 aromatic rings. The highest BCUT2D eigenvalue weighted by Gasteiger charge is 2.27. The fraction of sp³-hybridized carbons (Fsp3) is 0.417. The summed E-state index contributed by atoms with van der Waals surface area (Å²) in [6.45, 7) is 1.36. The number of amides is 2. The minimum Gasteiger partial charge on any atom is -0.326 e. The maximum absolute atomic E-state index is 13.5. The van der Waals surface area contributed by atoms with E-state index in [-0.39, 0.29) is 18.1 Å². The Bertz CT molecular complexity index is 467. The van der Waals surface area contributed by atoms with E-state index in [9.17, 15) is 13.6 Å². The van der Waals surface area contributed by atoms with Crippen LogP contribution in [-0.2, 0) is 0 Å². The lowest BCUT2D eigenvalue weighted by Crippen LogP contribution is -2.35. The van der Waals surface area contributed by atoms with E-state index >= 15 is 0 Å². The van der Waals surface area contributed by atoms with Crippen LogP contribution in [0.5, 0.6) is 0 Å². The molecule has 1 aromatic carbocycles. The molecular weight excluding hydrogens is 240 g/mol. The fourth-order valence-corrected chi connectivity index (χ4v) is 2.01. The van der Waals surface area contributed by atoms with E-state index in [0.29, 0.717) is 13.1 Å². The normalized spacial score (nSPS) is 17.4. The molecule has 0 saturated carbocycles. The molecule has 2 rings (SSSR count). The van der Waals surface area contributed by atoms with Crippen molar-refractivity contribution in [2.45, 2.75) is 6.04 Å². The van der Waals surface area contributed by atoms with Gasteiger partial charge in [-0.2, -0.15) is 0 Å². The molecule has 1 heterocycles. The van der Waals surface area contributed by atoms with Gasteiger partial charge in [0.2, 0.25) is 0 Å². The summed E-state index contributed by atoms with van der Waals surface area (Å²) in [5.41, 5.74) is 5.93. The molecule has 6 heteroatoms. The lowest BCUT2D eigenvalue weighted by molar-refractivity contribution is 0.196. The standard InChI is InChI=1S/C12H15F2N3O/c1-16-4-5-17(12(16)18)7-11(15)9-6-8(13)2-3-10(9)14/h2-3,6,11H,4-5,7,15H2,1H3. The summed E-state index contributed by atoms with van der Waals surface area (Å²) >= 11 is 0. The third-order valence-electron chi connectivity index (χ3n) is 3.08. The van der Waals surface area contributed by atoms with E-state index in [4.69, 9.17) is 5.73 Å². The van der Waals surface area contributed by atoms with E-state index in [1.54, 1.807) is 11.9 Å². The number of nitrogens with zero attached hydrogens (tertiary/aromatic N) is 2. The van der Waals surface area contributed by atoms with Crippen molar-refractivity contribution in [2.75, 3.05) is 26.7 Å². The Kier molecular flexibility index (Phi) is 3.47. The summed E-state index contributed by atoms with van der Waals surface area (Å²) in [4.78, 5) is 14.8. The summed E-state index contributed by atoms with van der Waals surface area (Å²) in [7, 11) is 1.69. The summed E-state index contributed by atoms with van der Waals surface area (Å²) in [6, 6.07) is 2.30. The van der Waals surface area contributed by atoms with Gasteiger partial charge in [0.1, 0.15) is 11.6 Å². The third kappa shape index (κ3) is 2.43. The van der Waals surface area contributed by atoms with Crippen molar-refractivity contribution in [3.05, 3.63) is 35.4 Å². The topological polar surface area (TPSA) is 49.6 Å². The summed E-state index contributed by atoms with van der Waals surface area (Å²) in [6.07, 6.45) is 0. The number of urea groups is 1. The zero-order valence-electron chi connectivity index (χ0n) is 10.1. The molecule has 1 unspecified atom stereocenters. The van der Waals surface area contributed by atoms with Crippen LogP contribution in [0.2, 0.25) is 0 Å². The molecule has 1 atom stereocenters. The van der Waals surface area contributed by atoms with Crippen LogP contribution in [0.15, 0.2) is 18.2 Å². The van der Waals surface area contributed by atoms with Crippen molar-refractivity contribution in [3.63, 3.8) is 0 Å². The maximum Gasteiger partial charge on any atom is 0.319 e. The van der Waals surface area contributed by atoms with Crippen LogP contribution in [0.25, 0.3) is 0 Å². The molecule has 18 heavy (non-hydrogen) atoms. The Morgan fingerprint density at radius 3 is 2.72 bits per heavy atom. The van der Waals surface area contributed by atoms with Gasteiger partial charge in [0.15, 0.2) is 0 Å². The Balaban J connectivity index is 2.10. The maximum atomic E-state index is 13.5. The van der Waals surface area contributed by atoms with E-state index in [2.05, 4.69) is 0 Å². The summed E-state index contributed by atoms with van der Waals surface area (Å²) in [5.74, 6) is -1.09. The molecule has 0 aliphatic carbocycles. The molecule has 0 bridgehead atoms. The lowest BCUT2D eigenvalue weighted by atomic mass is 10.1. The van der Waals surface area contributed by atoms with Crippen molar-refractivity contribution >= 4 is 6.03 Å². The lowest BCUT2D eigenvalue weighted by Gasteiger charge is -2.21. The van der Waals surface area contributed by atoms with Crippen molar-refractivity contribution in [1.82, 2.24) is 9.80 Å². The predicted molar refractivity (Wildman–Crippen MR) is 62.9 cm³/mol. The van der Waals surface area contributed by atoms with Gasteiger partial charge in [-0.1, -0.05) is 0 Å². The van der Waals surface area contributed by atoms with Crippen LogP contribution in [0.1, 0.15) is 11.6 Å². The van der Waals surface area contributed by atoms with Gasteiger partial charge in [0, 0.05) is 32.2 Å². The average molecular weight is 255 g/mol. The number of carbonyl (C=O) groups is 1. The molecule has 1 aliphatic rings. The van der Waals surface area contributed by atoms with Gasteiger partial charge in [-0.15, -0.1) is 0 Å². The number of benzene rings is 1. The van der Waals surface area contributed by atoms with Crippen LogP contribution in [-0.4, -0.2) is 42.5 Å². The second-order valence-electron chi connectivity index (χ2n) is 4.42. The van der Waals surface area contributed by atoms with Gasteiger partial charge in [0.25, 0.3) is 0 Å². The summed E-state index contributed by atoms with van der Waals surface area (Å²) in [5, 5.41) is 0. The number of hydrogen-bond acceptors (Lipinski definition) is 2. The number of halogens is 2. The Hall–Kier alpha value is -1.69. The molecule has 1 fully saturated rings. The smallest absolute Gasteiger partial charge is 0.319 e. The van der Waals surface area contributed by atoms with Crippen molar-refractivity contribution in [1.29, 1.82) is 0 Å². The average Bonchev–Trinajstić information content (AvgIpc) is 2.64. The fourth-order valence-electron chi connectivity index (χ4n) is 2.01. The zero-order valence-corrected chi connectivity index (χ0v) is 10.1. The number of rotatable bonds is 3. The van der Waals surface area contributed by atoms with Crippen LogP contribution in [0, 0.1) is 11.6 Å². The first-order valence-corrected chi connectivity index (χ1v) is 5.69. The van der Waals surface area contributed by atoms with Crippen LogP contribution < -0.4 is 5.73 Å². The number of carbonyl (C=O) groups excluding carboxylic acids is 1. The molecule has 1 saturated heterocycles.